The normalized spacial score (nSPS) is 10.5. The molecular weight excluding hydrogens is 312 g/mol. The molecule has 0 radical (unpaired) electrons. The molecule has 0 aliphatic heterocycles. The fourth-order valence-electron chi connectivity index (χ4n) is 2.18. The molecule has 1 amide bonds. The highest BCUT2D eigenvalue weighted by atomic mass is 16.4. The summed E-state index contributed by atoms with van der Waals surface area (Å²) in [5, 5.41) is 19.4. The summed E-state index contributed by atoms with van der Waals surface area (Å²) >= 11 is 0. The molecule has 122 valence electrons. The van der Waals surface area contributed by atoms with Crippen LogP contribution in [0.15, 0.2) is 42.9 Å². The van der Waals surface area contributed by atoms with Crippen molar-refractivity contribution in [2.24, 2.45) is 7.05 Å². The predicted molar refractivity (Wildman–Crippen MR) is 83.7 cm³/mol. The average Bonchev–Trinajstić information content (AvgIpc) is 3.15. The second-order valence-electron chi connectivity index (χ2n) is 5.08. The van der Waals surface area contributed by atoms with Crippen LogP contribution in [0.3, 0.4) is 0 Å². The van der Waals surface area contributed by atoms with Crippen molar-refractivity contribution < 1.29 is 14.7 Å². The molecular formula is C15H14N6O3. The van der Waals surface area contributed by atoms with Crippen LogP contribution in [0.2, 0.25) is 0 Å². The molecule has 9 nitrogen and oxygen atoms in total. The Morgan fingerprint density at radius 2 is 1.96 bits per heavy atom. The summed E-state index contributed by atoms with van der Waals surface area (Å²) in [5.41, 5.74) is 0.670. The van der Waals surface area contributed by atoms with Crippen molar-refractivity contribution in [2.75, 3.05) is 5.32 Å². The maximum absolute atomic E-state index is 12.2. The van der Waals surface area contributed by atoms with Crippen LogP contribution in [0.1, 0.15) is 26.4 Å². The van der Waals surface area contributed by atoms with Gasteiger partial charge < -0.3 is 5.11 Å². The standard InChI is InChI=1S/C15H14N6O3/c1-20-8-11(12(18-20)14(23)24)13(22)17-15-16-9-21(19-15)7-10-5-3-2-4-6-10/h2-6,8-9H,7H2,1H3,(H,23,24)(H,17,19,22). The van der Waals surface area contributed by atoms with Crippen molar-refractivity contribution in [3.8, 4) is 0 Å². The molecule has 2 aromatic heterocycles. The fourth-order valence-corrected chi connectivity index (χ4v) is 2.18. The predicted octanol–water partition coefficient (Wildman–Crippen LogP) is 1.01. The van der Waals surface area contributed by atoms with E-state index in [2.05, 4.69) is 20.5 Å². The first-order valence-corrected chi connectivity index (χ1v) is 7.04. The Kier molecular flexibility index (Phi) is 4.06. The summed E-state index contributed by atoms with van der Waals surface area (Å²) < 4.78 is 2.84. The van der Waals surface area contributed by atoms with Crippen LogP contribution in [0, 0.1) is 0 Å². The molecule has 0 aliphatic rings. The molecule has 2 heterocycles. The van der Waals surface area contributed by atoms with Gasteiger partial charge in [0.15, 0.2) is 5.69 Å². The lowest BCUT2D eigenvalue weighted by atomic mass is 10.2. The van der Waals surface area contributed by atoms with E-state index in [1.54, 1.807) is 4.68 Å². The van der Waals surface area contributed by atoms with E-state index in [-0.39, 0.29) is 17.2 Å². The Balaban J connectivity index is 1.73. The lowest BCUT2D eigenvalue weighted by Gasteiger charge is -2.01. The van der Waals surface area contributed by atoms with Crippen LogP contribution < -0.4 is 5.32 Å². The maximum atomic E-state index is 12.2. The number of rotatable bonds is 5. The Morgan fingerprint density at radius 1 is 1.21 bits per heavy atom. The van der Waals surface area contributed by atoms with Gasteiger partial charge >= 0.3 is 5.97 Å². The molecule has 0 aliphatic carbocycles. The van der Waals surface area contributed by atoms with Crippen molar-refractivity contribution >= 4 is 17.8 Å². The van der Waals surface area contributed by atoms with E-state index < -0.39 is 11.9 Å². The van der Waals surface area contributed by atoms with Crippen LogP contribution in [0.4, 0.5) is 5.95 Å². The van der Waals surface area contributed by atoms with E-state index in [4.69, 9.17) is 5.11 Å². The van der Waals surface area contributed by atoms with E-state index in [0.29, 0.717) is 6.54 Å². The highest BCUT2D eigenvalue weighted by molar-refractivity contribution is 6.09. The third kappa shape index (κ3) is 3.29. The molecule has 0 saturated carbocycles. The molecule has 0 saturated heterocycles. The number of aryl methyl sites for hydroxylation is 1. The van der Waals surface area contributed by atoms with Crippen molar-refractivity contribution in [3.05, 3.63) is 59.7 Å². The van der Waals surface area contributed by atoms with Gasteiger partial charge in [0.2, 0.25) is 5.95 Å². The summed E-state index contributed by atoms with van der Waals surface area (Å²) in [7, 11) is 1.54. The van der Waals surface area contributed by atoms with Gasteiger partial charge in [-0.25, -0.2) is 14.5 Å². The summed E-state index contributed by atoms with van der Waals surface area (Å²) in [5.74, 6) is -1.81. The smallest absolute Gasteiger partial charge is 0.357 e. The molecule has 1 aromatic carbocycles. The van der Waals surface area contributed by atoms with Gasteiger partial charge in [0, 0.05) is 13.2 Å². The topological polar surface area (TPSA) is 115 Å². The number of hydrogen-bond acceptors (Lipinski definition) is 5. The van der Waals surface area contributed by atoms with Crippen LogP contribution in [0.5, 0.6) is 0 Å². The van der Waals surface area contributed by atoms with Gasteiger partial charge in [0.25, 0.3) is 5.91 Å². The van der Waals surface area contributed by atoms with Gasteiger partial charge in [-0.3, -0.25) is 14.8 Å². The van der Waals surface area contributed by atoms with Gasteiger partial charge in [-0.05, 0) is 5.56 Å². The minimum Gasteiger partial charge on any atom is -0.476 e. The van der Waals surface area contributed by atoms with Gasteiger partial charge in [-0.2, -0.15) is 5.10 Å². The number of nitrogens with zero attached hydrogens (tertiary/aromatic N) is 5. The second kappa shape index (κ2) is 6.32. The number of aromatic nitrogens is 5. The second-order valence-corrected chi connectivity index (χ2v) is 5.08. The number of anilines is 1. The molecule has 0 unspecified atom stereocenters. The van der Waals surface area contributed by atoms with Gasteiger partial charge in [-0.1, -0.05) is 30.3 Å². The monoisotopic (exact) mass is 326 g/mol. The van der Waals surface area contributed by atoms with E-state index in [1.807, 2.05) is 30.3 Å². The Labute approximate surface area is 136 Å². The van der Waals surface area contributed by atoms with Crippen LogP contribution in [-0.2, 0) is 13.6 Å². The number of amides is 1. The van der Waals surface area contributed by atoms with Gasteiger partial charge in [0.05, 0.1) is 12.1 Å². The number of carbonyl (C=O) groups is 2. The van der Waals surface area contributed by atoms with Crippen LogP contribution >= 0.6 is 0 Å². The first-order chi connectivity index (χ1) is 11.5. The van der Waals surface area contributed by atoms with Gasteiger partial charge in [-0.15, -0.1) is 5.10 Å². The summed E-state index contributed by atoms with van der Waals surface area (Å²) in [4.78, 5) is 27.3. The molecule has 0 bridgehead atoms. The van der Waals surface area contributed by atoms with Crippen molar-refractivity contribution in [3.63, 3.8) is 0 Å². The average molecular weight is 326 g/mol. The summed E-state index contributed by atoms with van der Waals surface area (Å²) in [6, 6.07) is 9.67. The minimum absolute atomic E-state index is 0.0515. The molecule has 3 rings (SSSR count). The zero-order chi connectivity index (χ0) is 17.1. The first kappa shape index (κ1) is 15.4. The minimum atomic E-state index is -1.27. The maximum Gasteiger partial charge on any atom is 0.357 e. The van der Waals surface area contributed by atoms with Crippen molar-refractivity contribution in [1.29, 1.82) is 0 Å². The number of benzene rings is 1. The highest BCUT2D eigenvalue weighted by Crippen LogP contribution is 2.10. The van der Waals surface area contributed by atoms with E-state index >= 15 is 0 Å². The van der Waals surface area contributed by atoms with Crippen molar-refractivity contribution in [1.82, 2.24) is 24.5 Å². The summed E-state index contributed by atoms with van der Waals surface area (Å²) in [6.07, 6.45) is 2.82. The zero-order valence-corrected chi connectivity index (χ0v) is 12.7. The Morgan fingerprint density at radius 3 is 2.67 bits per heavy atom. The molecule has 24 heavy (non-hydrogen) atoms. The first-order valence-electron chi connectivity index (χ1n) is 7.04. The van der Waals surface area contributed by atoms with Crippen molar-refractivity contribution in [2.45, 2.75) is 6.54 Å². The third-order valence-electron chi connectivity index (χ3n) is 3.23. The number of carbonyl (C=O) groups excluding carboxylic acids is 1. The van der Waals surface area contributed by atoms with E-state index in [0.717, 1.165) is 5.56 Å². The van der Waals surface area contributed by atoms with Gasteiger partial charge in [0.1, 0.15) is 6.33 Å². The lowest BCUT2D eigenvalue weighted by Crippen LogP contribution is -2.16. The van der Waals surface area contributed by atoms with E-state index in [9.17, 15) is 9.59 Å². The zero-order valence-electron chi connectivity index (χ0n) is 12.7. The van der Waals surface area contributed by atoms with E-state index in [1.165, 1.54) is 24.3 Å². The molecule has 0 fully saturated rings. The van der Waals surface area contributed by atoms with Crippen LogP contribution in [-0.4, -0.2) is 41.5 Å². The number of hydrogen-bond donors (Lipinski definition) is 2. The highest BCUT2D eigenvalue weighted by Gasteiger charge is 2.21. The molecule has 9 heteroatoms. The largest absolute Gasteiger partial charge is 0.476 e. The third-order valence-corrected chi connectivity index (χ3v) is 3.23. The lowest BCUT2D eigenvalue weighted by molar-refractivity contribution is 0.0685. The number of carboxylic acid groups (broad SMARTS) is 1. The molecule has 2 N–H and O–H groups in total. The number of nitrogens with one attached hydrogen (secondary N) is 1. The SMILES string of the molecule is Cn1cc(C(=O)Nc2ncn(Cc3ccccc3)n2)c(C(=O)O)n1. The number of carboxylic acids is 1. The molecule has 0 atom stereocenters. The fraction of sp³-hybridized carbons (Fsp3) is 0.133. The molecule has 0 spiro atoms. The number of aromatic carboxylic acids is 1. The summed E-state index contributed by atoms with van der Waals surface area (Å²) in [6.45, 7) is 0.511. The quantitative estimate of drug-likeness (QED) is 0.723. The Hall–Kier alpha value is -3.49. The molecule has 3 aromatic rings. The van der Waals surface area contributed by atoms with Crippen LogP contribution in [0.25, 0.3) is 0 Å². The Bertz CT molecular complexity index is 884.